The number of aryl methyl sites for hydroxylation is 2. The minimum absolute atomic E-state index is 0.0248. The second-order valence-electron chi connectivity index (χ2n) is 8.26. The van der Waals surface area contributed by atoms with Crippen molar-refractivity contribution in [2.45, 2.75) is 39.7 Å². The Morgan fingerprint density at radius 3 is 2.56 bits per heavy atom. The number of fused-ring (bicyclic) bond motifs is 1. The molecule has 1 aliphatic rings. The van der Waals surface area contributed by atoms with Crippen LogP contribution in [0.4, 0.5) is 4.39 Å². The van der Waals surface area contributed by atoms with Gasteiger partial charge >= 0.3 is 0 Å². The smallest absolute Gasteiger partial charge is 0.281 e. The molecule has 2 heterocycles. The molecule has 0 aliphatic carbocycles. The number of aliphatic imine (C=N–C) groups is 1. The standard InChI is InChI=1S/C24H29FN6O3/c1-13-5-6-19-18(11-13)14(2)22(34-19)21(20(16(4)26)23(27)30-28-12-32)29-17-7-9-31(10-8-17)24(33)15(3)25/h5-6,11-12,17H,3,7-10,26H2,1-2,4H3,(H2,27,30)(H,28,32). The highest BCUT2D eigenvalue weighted by Crippen LogP contribution is 2.30. The number of nitrogens with two attached hydrogens (primary N) is 2. The molecular formula is C24H29FN6O3. The summed E-state index contributed by atoms with van der Waals surface area (Å²) in [6, 6.07) is 5.65. The predicted octanol–water partition coefficient (Wildman–Crippen LogP) is 2.56. The monoisotopic (exact) mass is 468 g/mol. The molecule has 3 rings (SSSR count). The first kappa shape index (κ1) is 24.7. The Balaban J connectivity index is 2.09. The molecule has 10 heteroatoms. The number of carbonyl (C=O) groups excluding carboxylic acids is 2. The van der Waals surface area contributed by atoms with E-state index in [4.69, 9.17) is 20.9 Å². The number of benzene rings is 1. The van der Waals surface area contributed by atoms with Crippen LogP contribution in [-0.2, 0) is 9.59 Å². The molecule has 2 amide bonds. The molecule has 0 atom stereocenters. The number of hydrogen-bond acceptors (Lipinski definition) is 6. The fourth-order valence-electron chi connectivity index (χ4n) is 4.01. The van der Waals surface area contributed by atoms with E-state index < -0.39 is 11.7 Å². The van der Waals surface area contributed by atoms with Crippen LogP contribution in [0.3, 0.4) is 0 Å². The summed E-state index contributed by atoms with van der Waals surface area (Å²) in [5.74, 6) is -1.23. The van der Waals surface area contributed by atoms with Crippen molar-refractivity contribution in [2.24, 2.45) is 21.6 Å². The van der Waals surface area contributed by atoms with E-state index in [1.54, 1.807) is 6.92 Å². The Morgan fingerprint density at radius 2 is 1.97 bits per heavy atom. The van der Waals surface area contributed by atoms with Gasteiger partial charge in [-0.05, 0) is 45.7 Å². The first-order valence-corrected chi connectivity index (χ1v) is 10.8. The molecule has 1 saturated heterocycles. The van der Waals surface area contributed by atoms with Gasteiger partial charge in [-0.1, -0.05) is 18.2 Å². The number of carbonyl (C=O) groups is 2. The lowest BCUT2D eigenvalue weighted by molar-refractivity contribution is -0.129. The lowest BCUT2D eigenvalue weighted by Crippen LogP contribution is -2.40. The molecule has 2 aromatic rings. The molecular weight excluding hydrogens is 439 g/mol. The molecule has 180 valence electrons. The van der Waals surface area contributed by atoms with E-state index in [9.17, 15) is 14.0 Å². The highest BCUT2D eigenvalue weighted by Gasteiger charge is 2.28. The number of amidine groups is 1. The maximum Gasteiger partial charge on any atom is 0.281 e. The topological polar surface area (TPSA) is 139 Å². The fourth-order valence-corrected chi connectivity index (χ4v) is 4.01. The maximum atomic E-state index is 13.3. The Bertz CT molecular complexity index is 1210. The zero-order valence-electron chi connectivity index (χ0n) is 19.5. The molecule has 0 spiro atoms. The van der Waals surface area contributed by atoms with Crippen LogP contribution in [0.2, 0.25) is 0 Å². The molecule has 0 unspecified atom stereocenters. The van der Waals surface area contributed by atoms with Crippen LogP contribution < -0.4 is 16.9 Å². The van der Waals surface area contributed by atoms with Gasteiger partial charge in [-0.25, -0.2) is 9.82 Å². The van der Waals surface area contributed by atoms with Crippen LogP contribution >= 0.6 is 0 Å². The average Bonchev–Trinajstić information content (AvgIpc) is 3.12. The predicted molar refractivity (Wildman–Crippen MR) is 130 cm³/mol. The zero-order valence-corrected chi connectivity index (χ0v) is 19.5. The van der Waals surface area contributed by atoms with Crippen LogP contribution in [0.1, 0.15) is 36.7 Å². The Hall–Kier alpha value is -3.95. The number of likely N-dealkylation sites (tertiary alicyclic amines) is 1. The third-order valence-corrected chi connectivity index (χ3v) is 5.73. The third-order valence-electron chi connectivity index (χ3n) is 5.73. The van der Waals surface area contributed by atoms with Crippen molar-refractivity contribution in [3.05, 3.63) is 58.8 Å². The molecule has 5 N–H and O–H groups in total. The van der Waals surface area contributed by atoms with Gasteiger partial charge in [-0.2, -0.15) is 5.10 Å². The van der Waals surface area contributed by atoms with E-state index in [1.807, 2.05) is 32.0 Å². The fraction of sp³-hybridized carbons (Fsp3) is 0.333. The van der Waals surface area contributed by atoms with E-state index >= 15 is 0 Å². The van der Waals surface area contributed by atoms with Gasteiger partial charge in [0.2, 0.25) is 6.41 Å². The van der Waals surface area contributed by atoms with E-state index in [1.165, 1.54) is 4.90 Å². The summed E-state index contributed by atoms with van der Waals surface area (Å²) in [6.07, 6.45) is 1.40. The SMILES string of the molecule is C=C(F)C(=O)N1CCC(N=C(C(=C(C)N)/C(N)=N\NC=O)c2oc3ccc(C)cc3c2C)CC1. The summed E-state index contributed by atoms with van der Waals surface area (Å²) in [5.41, 5.74) is 18.3. The van der Waals surface area contributed by atoms with Crippen molar-refractivity contribution in [2.75, 3.05) is 13.1 Å². The third kappa shape index (κ3) is 5.16. The van der Waals surface area contributed by atoms with Crippen LogP contribution in [0.5, 0.6) is 0 Å². The molecule has 1 fully saturated rings. The van der Waals surface area contributed by atoms with Crippen LogP contribution in [0.25, 0.3) is 11.0 Å². The number of nitrogens with one attached hydrogen (secondary N) is 1. The molecule has 1 aromatic carbocycles. The number of amides is 2. The zero-order chi connectivity index (χ0) is 25.0. The average molecular weight is 469 g/mol. The minimum Gasteiger partial charge on any atom is -0.454 e. The Labute approximate surface area is 197 Å². The molecule has 0 radical (unpaired) electrons. The number of hydrogen-bond donors (Lipinski definition) is 3. The van der Waals surface area contributed by atoms with Crippen molar-refractivity contribution in [3.63, 3.8) is 0 Å². The number of furan rings is 1. The quantitative estimate of drug-likeness (QED) is 0.188. The largest absolute Gasteiger partial charge is 0.454 e. The normalized spacial score (nSPS) is 16.4. The van der Waals surface area contributed by atoms with Crippen LogP contribution in [0.15, 0.2) is 56.4 Å². The van der Waals surface area contributed by atoms with Gasteiger partial charge in [0.05, 0.1) is 11.6 Å². The number of halogens is 1. The summed E-state index contributed by atoms with van der Waals surface area (Å²) in [4.78, 5) is 29.0. The summed E-state index contributed by atoms with van der Waals surface area (Å²) in [5, 5.41) is 4.80. The highest BCUT2D eigenvalue weighted by molar-refractivity contribution is 6.29. The van der Waals surface area contributed by atoms with Gasteiger partial charge < -0.3 is 20.8 Å². The number of nitrogens with zero attached hydrogens (tertiary/aromatic N) is 3. The van der Waals surface area contributed by atoms with Crippen molar-refractivity contribution >= 4 is 34.8 Å². The van der Waals surface area contributed by atoms with E-state index in [-0.39, 0.29) is 11.9 Å². The van der Waals surface area contributed by atoms with Gasteiger partial charge in [0.1, 0.15) is 11.3 Å². The van der Waals surface area contributed by atoms with Gasteiger partial charge in [0, 0.05) is 29.7 Å². The summed E-state index contributed by atoms with van der Waals surface area (Å²) in [7, 11) is 0. The number of rotatable bonds is 7. The molecule has 0 saturated carbocycles. The van der Waals surface area contributed by atoms with E-state index in [0.29, 0.717) is 60.7 Å². The summed E-state index contributed by atoms with van der Waals surface area (Å²) >= 11 is 0. The molecule has 0 bridgehead atoms. The number of hydrazone groups is 1. The van der Waals surface area contributed by atoms with Gasteiger partial charge in [-0.3, -0.25) is 14.6 Å². The van der Waals surface area contributed by atoms with Crippen LogP contribution in [-0.4, -0.2) is 47.9 Å². The maximum absolute atomic E-state index is 13.3. The van der Waals surface area contributed by atoms with Crippen molar-refractivity contribution in [1.29, 1.82) is 0 Å². The minimum atomic E-state index is -0.980. The van der Waals surface area contributed by atoms with Crippen LogP contribution in [0, 0.1) is 13.8 Å². The van der Waals surface area contributed by atoms with E-state index in [2.05, 4.69) is 17.1 Å². The van der Waals surface area contributed by atoms with Crippen molar-refractivity contribution < 1.29 is 18.4 Å². The molecule has 9 nitrogen and oxygen atoms in total. The molecule has 1 aromatic heterocycles. The first-order chi connectivity index (χ1) is 16.1. The Kier molecular flexibility index (Phi) is 7.50. The van der Waals surface area contributed by atoms with Gasteiger partial charge in [0.15, 0.2) is 17.4 Å². The summed E-state index contributed by atoms with van der Waals surface area (Å²) < 4.78 is 19.5. The lowest BCUT2D eigenvalue weighted by atomic mass is 9.99. The highest BCUT2D eigenvalue weighted by atomic mass is 19.1. The molecule has 1 aliphatic heterocycles. The van der Waals surface area contributed by atoms with E-state index in [0.717, 1.165) is 16.5 Å². The second-order valence-corrected chi connectivity index (χ2v) is 8.26. The Morgan fingerprint density at radius 1 is 1.29 bits per heavy atom. The second kappa shape index (κ2) is 10.3. The molecule has 34 heavy (non-hydrogen) atoms. The van der Waals surface area contributed by atoms with Gasteiger partial charge in [-0.15, -0.1) is 0 Å². The number of piperidine rings is 1. The lowest BCUT2D eigenvalue weighted by Gasteiger charge is -2.30. The number of allylic oxidation sites excluding steroid dienone is 1. The van der Waals surface area contributed by atoms with Crippen molar-refractivity contribution in [3.8, 4) is 0 Å². The summed E-state index contributed by atoms with van der Waals surface area (Å²) in [6.45, 7) is 9.32. The van der Waals surface area contributed by atoms with Gasteiger partial charge in [0.25, 0.3) is 5.91 Å². The van der Waals surface area contributed by atoms with Crippen molar-refractivity contribution in [1.82, 2.24) is 10.3 Å². The first-order valence-electron chi connectivity index (χ1n) is 10.8.